The van der Waals surface area contributed by atoms with E-state index < -0.39 is 0 Å². The number of nitrogens with zero attached hydrogens (tertiary/aromatic N) is 3. The van der Waals surface area contributed by atoms with Crippen LogP contribution in [-0.4, -0.2) is 14.1 Å². The van der Waals surface area contributed by atoms with Gasteiger partial charge >= 0.3 is 0 Å². The van der Waals surface area contributed by atoms with E-state index >= 15 is 0 Å². The molecule has 0 unspecified atom stereocenters. The third-order valence-electron chi connectivity index (χ3n) is 4.13. The zero-order chi connectivity index (χ0) is 17.7. The molecule has 1 aliphatic rings. The Morgan fingerprint density at radius 2 is 1.88 bits per heavy atom. The van der Waals surface area contributed by atoms with E-state index in [1.54, 1.807) is 0 Å². The maximum Gasteiger partial charge on any atom is 0.265 e. The summed E-state index contributed by atoms with van der Waals surface area (Å²) in [5.74, 6) is 0. The van der Waals surface area contributed by atoms with Crippen LogP contribution in [0.2, 0.25) is 0 Å². The Hall–Kier alpha value is -2.78. The van der Waals surface area contributed by atoms with Crippen LogP contribution in [0, 0.1) is 23.3 Å². The van der Waals surface area contributed by atoms with E-state index in [-0.39, 0.29) is 11.1 Å². The van der Waals surface area contributed by atoms with E-state index in [1.165, 1.54) is 5.69 Å². The third kappa shape index (κ3) is 4.37. The molecule has 0 atom stereocenters. The van der Waals surface area contributed by atoms with Gasteiger partial charge in [-0.25, -0.2) is 10.1 Å². The van der Waals surface area contributed by atoms with E-state index in [4.69, 9.17) is 11.8 Å². The van der Waals surface area contributed by atoms with Crippen molar-refractivity contribution in [3.05, 3.63) is 70.2 Å². The molecule has 0 spiro atoms. The van der Waals surface area contributed by atoms with Crippen LogP contribution in [-0.2, 0) is 0 Å². The Morgan fingerprint density at radius 3 is 2.42 bits per heavy atom. The van der Waals surface area contributed by atoms with Gasteiger partial charge in [0.1, 0.15) is 0 Å². The van der Waals surface area contributed by atoms with Crippen molar-refractivity contribution in [3.63, 3.8) is 0 Å². The Labute approximate surface area is 145 Å². The molecule has 3 heteroatoms. The van der Waals surface area contributed by atoms with Gasteiger partial charge in [0, 0.05) is 19.8 Å². The van der Waals surface area contributed by atoms with Crippen LogP contribution < -0.4 is 4.90 Å². The van der Waals surface area contributed by atoms with Crippen LogP contribution in [0.25, 0.3) is 10.9 Å². The lowest BCUT2D eigenvalue weighted by Crippen LogP contribution is -2.17. The first-order valence-electron chi connectivity index (χ1n) is 8.01. The molecule has 0 saturated carbocycles. The van der Waals surface area contributed by atoms with Crippen molar-refractivity contribution < 1.29 is 0 Å². The van der Waals surface area contributed by atoms with Crippen LogP contribution in [0.1, 0.15) is 32.3 Å². The number of nitriles is 1. The number of allylic oxidation sites excluding steroid dienone is 5. The van der Waals surface area contributed by atoms with Crippen molar-refractivity contribution in [2.45, 2.75) is 26.7 Å². The quantitative estimate of drug-likeness (QED) is 0.566. The van der Waals surface area contributed by atoms with Crippen molar-refractivity contribution in [1.82, 2.24) is 0 Å². The highest BCUT2D eigenvalue weighted by atomic mass is 15.1. The Kier molecular flexibility index (Phi) is 5.27. The second kappa shape index (κ2) is 7.20. The summed E-state index contributed by atoms with van der Waals surface area (Å²) in [4.78, 5) is 5.44. The van der Waals surface area contributed by atoms with Crippen LogP contribution in [0.3, 0.4) is 0 Å². The van der Waals surface area contributed by atoms with Crippen LogP contribution in [0.5, 0.6) is 0 Å². The maximum absolute atomic E-state index is 9.14. The fraction of sp³-hybridized carbons (Fsp3) is 0.333. The molecule has 0 N–H and O–H groups in total. The number of benzene rings is 1. The minimum Gasteiger partial charge on any atom is -0.378 e. The molecule has 0 saturated heterocycles. The molecular weight excluding hydrogens is 294 g/mol. The fourth-order valence-corrected chi connectivity index (χ4v) is 2.97. The van der Waals surface area contributed by atoms with Gasteiger partial charge in [0.15, 0.2) is 0 Å². The minimum absolute atomic E-state index is 0.0608. The Balaban J connectivity index is 2.28. The van der Waals surface area contributed by atoms with Gasteiger partial charge in [-0.15, -0.1) is 0 Å². The van der Waals surface area contributed by atoms with E-state index in [2.05, 4.69) is 60.0 Å². The molecule has 0 radical (unpaired) electrons. The Bertz CT molecular complexity index is 760. The first-order chi connectivity index (χ1) is 11.3. The molecule has 2 rings (SSSR count). The van der Waals surface area contributed by atoms with Gasteiger partial charge in [0.05, 0.1) is 12.6 Å². The predicted octanol–water partition coefficient (Wildman–Crippen LogP) is 5.21. The monoisotopic (exact) mass is 317 g/mol. The van der Waals surface area contributed by atoms with Gasteiger partial charge in [-0.3, -0.25) is 0 Å². The summed E-state index contributed by atoms with van der Waals surface area (Å²) < 4.78 is 0. The lowest BCUT2D eigenvalue weighted by atomic mass is 9.74. The highest BCUT2D eigenvalue weighted by Gasteiger charge is 2.26. The second-order valence-electron chi connectivity index (χ2n) is 7.15. The summed E-state index contributed by atoms with van der Waals surface area (Å²) in [7, 11) is 4.05. The molecule has 1 aliphatic carbocycles. The van der Waals surface area contributed by atoms with Crippen molar-refractivity contribution in [3.8, 4) is 6.07 Å². The molecule has 0 aliphatic heterocycles. The minimum atomic E-state index is 0.0608. The summed E-state index contributed by atoms with van der Waals surface area (Å²) in [5.41, 5.74) is 4.60. The van der Waals surface area contributed by atoms with Gasteiger partial charge < -0.3 is 4.90 Å². The SMILES string of the molecule is [C-]#[N+]/C(C#N)=C1C=C(/C=C/c2ccc(N(C)C)cc2)CC(C)(C)C/1. The summed E-state index contributed by atoms with van der Waals surface area (Å²) in [5, 5.41) is 9.14. The Morgan fingerprint density at radius 1 is 1.21 bits per heavy atom. The molecule has 1 aromatic rings. The average molecular weight is 317 g/mol. The predicted molar refractivity (Wildman–Crippen MR) is 100 cm³/mol. The molecule has 1 aromatic carbocycles. The van der Waals surface area contributed by atoms with Gasteiger partial charge in [-0.05, 0) is 47.1 Å². The van der Waals surface area contributed by atoms with Crippen molar-refractivity contribution >= 4 is 11.8 Å². The fourth-order valence-electron chi connectivity index (χ4n) is 2.97. The molecule has 0 heterocycles. The molecule has 0 fully saturated rings. The molecule has 0 amide bonds. The molecular formula is C21H23N3. The highest BCUT2D eigenvalue weighted by molar-refractivity contribution is 5.58. The molecule has 24 heavy (non-hydrogen) atoms. The lowest BCUT2D eigenvalue weighted by molar-refractivity contribution is 0.354. The van der Waals surface area contributed by atoms with E-state index in [0.717, 1.165) is 29.6 Å². The smallest absolute Gasteiger partial charge is 0.265 e. The number of hydrogen-bond acceptors (Lipinski definition) is 2. The lowest BCUT2D eigenvalue weighted by Gasteiger charge is -2.30. The van der Waals surface area contributed by atoms with Crippen molar-refractivity contribution in [1.29, 1.82) is 5.26 Å². The van der Waals surface area contributed by atoms with Gasteiger partial charge in [0.25, 0.3) is 5.70 Å². The first kappa shape index (κ1) is 17.6. The van der Waals surface area contributed by atoms with Crippen molar-refractivity contribution in [2.24, 2.45) is 5.41 Å². The standard InChI is InChI=1S/C21H23N3/c1-21(2)13-17(12-18(14-21)20(15-22)23-3)7-6-16-8-10-19(11-9-16)24(4)5/h6-12H,13-14H2,1-2,4-5H3/b7-6+,20-18-. The molecule has 3 nitrogen and oxygen atoms in total. The number of anilines is 1. The van der Waals surface area contributed by atoms with Gasteiger partial charge in [-0.2, -0.15) is 0 Å². The zero-order valence-electron chi connectivity index (χ0n) is 14.8. The zero-order valence-corrected chi connectivity index (χ0v) is 14.8. The van der Waals surface area contributed by atoms with Crippen LogP contribution >= 0.6 is 0 Å². The highest BCUT2D eigenvalue weighted by Crippen LogP contribution is 2.39. The van der Waals surface area contributed by atoms with Crippen LogP contribution in [0.4, 0.5) is 5.69 Å². The van der Waals surface area contributed by atoms with Gasteiger partial charge in [0.2, 0.25) is 0 Å². The number of hydrogen-bond donors (Lipinski definition) is 0. The molecule has 122 valence electrons. The maximum atomic E-state index is 9.14. The summed E-state index contributed by atoms with van der Waals surface area (Å²) in [6.07, 6.45) is 7.91. The number of rotatable bonds is 3. The van der Waals surface area contributed by atoms with Crippen molar-refractivity contribution in [2.75, 3.05) is 19.0 Å². The normalized spacial score (nSPS) is 18.5. The van der Waals surface area contributed by atoms with Crippen LogP contribution in [0.15, 0.2) is 53.3 Å². The topological polar surface area (TPSA) is 31.4 Å². The van der Waals surface area contributed by atoms with E-state index in [9.17, 15) is 0 Å². The summed E-state index contributed by atoms with van der Waals surface area (Å²) in [6.45, 7) is 11.5. The molecule has 0 aromatic heterocycles. The summed E-state index contributed by atoms with van der Waals surface area (Å²) >= 11 is 0. The van der Waals surface area contributed by atoms with E-state index in [1.807, 2.05) is 26.2 Å². The third-order valence-corrected chi connectivity index (χ3v) is 4.13. The van der Waals surface area contributed by atoms with E-state index in [0.29, 0.717) is 0 Å². The first-order valence-corrected chi connectivity index (χ1v) is 8.01. The largest absolute Gasteiger partial charge is 0.378 e. The summed E-state index contributed by atoms with van der Waals surface area (Å²) in [6, 6.07) is 10.4. The van der Waals surface area contributed by atoms with Gasteiger partial charge in [-0.1, -0.05) is 44.2 Å². The molecule has 0 bridgehead atoms. The second-order valence-corrected chi connectivity index (χ2v) is 7.15. The average Bonchev–Trinajstić information content (AvgIpc) is 2.53.